The zero-order valence-electron chi connectivity index (χ0n) is 13.0. The Labute approximate surface area is 142 Å². The predicted octanol–water partition coefficient (Wildman–Crippen LogP) is 2.53. The number of nitrogens with zero attached hydrogens (tertiary/aromatic N) is 2. The fourth-order valence-electron chi connectivity index (χ4n) is 2.86. The van der Waals surface area contributed by atoms with Gasteiger partial charge in [0.2, 0.25) is 0 Å². The number of fused-ring (bicyclic) bond motifs is 1. The van der Waals surface area contributed by atoms with Crippen LogP contribution in [0.5, 0.6) is 5.75 Å². The Hall–Kier alpha value is -2.38. The molecule has 0 fully saturated rings. The van der Waals surface area contributed by atoms with Crippen LogP contribution in [0.25, 0.3) is 0 Å². The minimum Gasteiger partial charge on any atom is -0.485 e. The number of nitro benzene ring substituents is 1. The van der Waals surface area contributed by atoms with Crippen molar-refractivity contribution < 1.29 is 14.8 Å². The molecule has 8 heteroatoms. The number of rotatable bonds is 2. The minimum atomic E-state index is -1.11. The van der Waals surface area contributed by atoms with Crippen LogP contribution >= 0.6 is 11.6 Å². The SMILES string of the molecule is CC1(C)Oc2ccc([N+](=O)[O-])cc2C(n2cc(Cl)ccc2=O)C1O. The lowest BCUT2D eigenvalue weighted by molar-refractivity contribution is -0.385. The summed E-state index contributed by atoms with van der Waals surface area (Å²) in [5.74, 6) is 0.382. The smallest absolute Gasteiger partial charge is 0.270 e. The van der Waals surface area contributed by atoms with Gasteiger partial charge in [-0.2, -0.15) is 0 Å². The first-order chi connectivity index (χ1) is 11.2. The molecular formula is C16H15ClN2O5. The highest BCUT2D eigenvalue weighted by Gasteiger charge is 2.44. The summed E-state index contributed by atoms with van der Waals surface area (Å²) in [5, 5.41) is 22.1. The Morgan fingerprint density at radius 2 is 2.04 bits per heavy atom. The molecule has 1 aromatic heterocycles. The molecule has 2 heterocycles. The molecule has 7 nitrogen and oxygen atoms in total. The van der Waals surface area contributed by atoms with Gasteiger partial charge in [0, 0.05) is 30.0 Å². The summed E-state index contributed by atoms with van der Waals surface area (Å²) in [4.78, 5) is 22.8. The van der Waals surface area contributed by atoms with Crippen LogP contribution in [0, 0.1) is 10.1 Å². The van der Waals surface area contributed by atoms with E-state index in [1.807, 2.05) is 0 Å². The summed E-state index contributed by atoms with van der Waals surface area (Å²) < 4.78 is 7.04. The molecule has 0 bridgehead atoms. The van der Waals surface area contributed by atoms with Crippen molar-refractivity contribution in [3.63, 3.8) is 0 Å². The van der Waals surface area contributed by atoms with Gasteiger partial charge in [-0.25, -0.2) is 0 Å². The third kappa shape index (κ3) is 2.65. The second-order valence-electron chi connectivity index (χ2n) is 6.17. The maximum Gasteiger partial charge on any atom is 0.270 e. The number of pyridine rings is 1. The van der Waals surface area contributed by atoms with E-state index in [9.17, 15) is 20.0 Å². The zero-order chi connectivity index (χ0) is 17.6. The molecule has 0 saturated heterocycles. The van der Waals surface area contributed by atoms with E-state index in [-0.39, 0.29) is 11.2 Å². The van der Waals surface area contributed by atoms with E-state index in [1.165, 1.54) is 41.1 Å². The number of hydrogen-bond acceptors (Lipinski definition) is 5. The van der Waals surface area contributed by atoms with Gasteiger partial charge in [0.25, 0.3) is 11.2 Å². The molecule has 0 aliphatic carbocycles. The summed E-state index contributed by atoms with van der Waals surface area (Å²) in [6.45, 7) is 3.37. The maximum absolute atomic E-state index is 12.3. The number of aromatic nitrogens is 1. The van der Waals surface area contributed by atoms with Crippen molar-refractivity contribution >= 4 is 17.3 Å². The van der Waals surface area contributed by atoms with Gasteiger partial charge < -0.3 is 14.4 Å². The normalized spacial score (nSPS) is 21.7. The Morgan fingerprint density at radius 3 is 2.71 bits per heavy atom. The number of aliphatic hydroxyl groups is 1. The largest absolute Gasteiger partial charge is 0.485 e. The fraction of sp³-hybridized carbons (Fsp3) is 0.312. The molecule has 1 N–H and O–H groups in total. The number of ether oxygens (including phenoxy) is 1. The quantitative estimate of drug-likeness (QED) is 0.663. The lowest BCUT2D eigenvalue weighted by Gasteiger charge is -2.42. The van der Waals surface area contributed by atoms with Gasteiger partial charge in [0.1, 0.15) is 17.5 Å². The Kier molecular flexibility index (Phi) is 3.85. The molecule has 1 aliphatic heterocycles. The average molecular weight is 351 g/mol. The molecule has 0 saturated carbocycles. The summed E-state index contributed by atoms with van der Waals surface area (Å²) in [6, 6.07) is 6.00. The molecule has 2 aromatic rings. The standard InChI is InChI=1S/C16H15ClN2O5/c1-16(2)15(21)14(18-8-9(17)3-6-13(18)20)11-7-10(19(22)23)4-5-12(11)24-16/h3-8,14-15,21H,1-2H3. The number of non-ortho nitro benzene ring substituents is 1. The molecule has 0 amide bonds. The fourth-order valence-corrected chi connectivity index (χ4v) is 3.03. The summed E-state index contributed by atoms with van der Waals surface area (Å²) >= 11 is 5.98. The number of benzene rings is 1. The molecule has 126 valence electrons. The molecule has 0 radical (unpaired) electrons. The lowest BCUT2D eigenvalue weighted by atomic mass is 9.86. The first kappa shape index (κ1) is 16.5. The Bertz CT molecular complexity index is 877. The highest BCUT2D eigenvalue weighted by molar-refractivity contribution is 6.30. The first-order valence-corrected chi connectivity index (χ1v) is 7.61. The number of halogens is 1. The minimum absolute atomic E-state index is 0.149. The van der Waals surface area contributed by atoms with Gasteiger partial charge in [-0.05, 0) is 26.0 Å². The van der Waals surface area contributed by atoms with Gasteiger partial charge in [-0.3, -0.25) is 14.9 Å². The van der Waals surface area contributed by atoms with Crippen molar-refractivity contribution in [3.8, 4) is 5.75 Å². The van der Waals surface area contributed by atoms with E-state index in [4.69, 9.17) is 16.3 Å². The summed E-state index contributed by atoms with van der Waals surface area (Å²) in [6.07, 6.45) is 0.296. The molecule has 1 aromatic carbocycles. The first-order valence-electron chi connectivity index (χ1n) is 7.24. The van der Waals surface area contributed by atoms with Gasteiger partial charge in [-0.1, -0.05) is 11.6 Å². The molecule has 0 spiro atoms. The van der Waals surface area contributed by atoms with Gasteiger partial charge >= 0.3 is 0 Å². The monoisotopic (exact) mass is 350 g/mol. The van der Waals surface area contributed by atoms with E-state index in [2.05, 4.69) is 0 Å². The van der Waals surface area contributed by atoms with E-state index < -0.39 is 22.7 Å². The van der Waals surface area contributed by atoms with E-state index >= 15 is 0 Å². The van der Waals surface area contributed by atoms with Gasteiger partial charge in [-0.15, -0.1) is 0 Å². The molecule has 2 unspecified atom stereocenters. The van der Waals surface area contributed by atoms with Crippen LogP contribution in [0.4, 0.5) is 5.69 Å². The van der Waals surface area contributed by atoms with Crippen LogP contribution in [0.15, 0.2) is 41.3 Å². The van der Waals surface area contributed by atoms with Crippen LogP contribution in [0.3, 0.4) is 0 Å². The van der Waals surface area contributed by atoms with Crippen LogP contribution < -0.4 is 10.3 Å². The third-order valence-electron chi connectivity index (χ3n) is 4.11. The van der Waals surface area contributed by atoms with Crippen molar-refractivity contribution in [1.82, 2.24) is 4.57 Å². The summed E-state index contributed by atoms with van der Waals surface area (Å²) in [7, 11) is 0. The molecule has 1 aliphatic rings. The molecule has 2 atom stereocenters. The van der Waals surface area contributed by atoms with Crippen molar-refractivity contribution in [2.45, 2.75) is 31.6 Å². The van der Waals surface area contributed by atoms with E-state index in [0.29, 0.717) is 16.3 Å². The van der Waals surface area contributed by atoms with Crippen molar-refractivity contribution in [3.05, 3.63) is 67.6 Å². The summed E-state index contributed by atoms with van der Waals surface area (Å²) in [5.41, 5.74) is -1.15. The number of aliphatic hydroxyl groups excluding tert-OH is 1. The third-order valence-corrected chi connectivity index (χ3v) is 4.33. The van der Waals surface area contributed by atoms with Crippen LogP contribution in [-0.4, -0.2) is 26.3 Å². The van der Waals surface area contributed by atoms with Gasteiger partial charge in [0.15, 0.2) is 0 Å². The Balaban J connectivity index is 2.27. The van der Waals surface area contributed by atoms with Crippen LogP contribution in [0.2, 0.25) is 5.02 Å². The van der Waals surface area contributed by atoms with Crippen molar-refractivity contribution in [2.75, 3.05) is 0 Å². The predicted molar refractivity (Wildman–Crippen MR) is 87.7 cm³/mol. The molecule has 24 heavy (non-hydrogen) atoms. The second-order valence-corrected chi connectivity index (χ2v) is 6.60. The maximum atomic E-state index is 12.3. The van der Waals surface area contributed by atoms with Gasteiger partial charge in [0.05, 0.1) is 16.0 Å². The highest BCUT2D eigenvalue weighted by atomic mass is 35.5. The topological polar surface area (TPSA) is 94.6 Å². The number of nitro groups is 1. The van der Waals surface area contributed by atoms with Crippen molar-refractivity contribution in [1.29, 1.82) is 0 Å². The Morgan fingerprint density at radius 1 is 1.33 bits per heavy atom. The average Bonchev–Trinajstić information content (AvgIpc) is 2.50. The van der Waals surface area contributed by atoms with Crippen LogP contribution in [0.1, 0.15) is 25.5 Å². The van der Waals surface area contributed by atoms with Crippen LogP contribution in [-0.2, 0) is 0 Å². The second kappa shape index (κ2) is 5.61. The van der Waals surface area contributed by atoms with E-state index in [1.54, 1.807) is 13.8 Å². The lowest BCUT2D eigenvalue weighted by Crippen LogP contribution is -2.52. The highest BCUT2D eigenvalue weighted by Crippen LogP contribution is 2.42. The van der Waals surface area contributed by atoms with Crippen molar-refractivity contribution in [2.24, 2.45) is 0 Å². The molecule has 3 rings (SSSR count). The zero-order valence-corrected chi connectivity index (χ0v) is 13.7. The number of hydrogen-bond donors (Lipinski definition) is 1. The van der Waals surface area contributed by atoms with E-state index in [0.717, 1.165) is 0 Å². The molecular weight excluding hydrogens is 336 g/mol.